The summed E-state index contributed by atoms with van der Waals surface area (Å²) in [4.78, 5) is 25.6. The lowest BCUT2D eigenvalue weighted by atomic mass is 10.0. The zero-order chi connectivity index (χ0) is 15.1. The van der Waals surface area contributed by atoms with Gasteiger partial charge in [0, 0.05) is 5.56 Å². The quantitative estimate of drug-likeness (QED) is 0.794. The molecule has 2 aromatic carbocycles. The lowest BCUT2D eigenvalue weighted by Crippen LogP contribution is -2.29. The molecular weight excluding hydrogens is 269 g/mol. The lowest BCUT2D eigenvalue weighted by molar-refractivity contribution is -0.114. The number of Topliss-reactive ketones (excluding diaryl/α,β-unsaturated/α-hetero) is 1. The molecule has 0 saturated heterocycles. The number of hydrogen-bond acceptors (Lipinski definition) is 2. The van der Waals surface area contributed by atoms with Gasteiger partial charge in [-0.05, 0) is 37.1 Å². The summed E-state index contributed by atoms with van der Waals surface area (Å²) in [6.45, 7) is 3.85. The van der Waals surface area contributed by atoms with Crippen LogP contribution in [0.15, 0.2) is 36.4 Å². The third kappa shape index (κ3) is 2.03. The molecule has 1 heterocycles. The van der Waals surface area contributed by atoms with Gasteiger partial charge < -0.3 is 0 Å². The van der Waals surface area contributed by atoms with Crippen LogP contribution in [0.1, 0.15) is 27.0 Å². The average Bonchev–Trinajstić information content (AvgIpc) is 2.71. The zero-order valence-corrected chi connectivity index (χ0v) is 11.8. The highest BCUT2D eigenvalue weighted by Gasteiger charge is 2.37. The fourth-order valence-corrected chi connectivity index (χ4v) is 2.62. The van der Waals surface area contributed by atoms with Gasteiger partial charge in [0.15, 0.2) is 0 Å². The van der Waals surface area contributed by atoms with Crippen LogP contribution in [0, 0.1) is 19.7 Å². The molecule has 0 aromatic heterocycles. The minimum absolute atomic E-state index is 0.0640. The Kier molecular flexibility index (Phi) is 3.09. The molecule has 0 radical (unpaired) electrons. The highest BCUT2D eigenvalue weighted by Crippen LogP contribution is 2.35. The minimum atomic E-state index is -0.595. The van der Waals surface area contributed by atoms with E-state index in [1.54, 1.807) is 24.3 Å². The van der Waals surface area contributed by atoms with Gasteiger partial charge in [0.1, 0.15) is 5.82 Å². The molecule has 106 valence electrons. The number of ketones is 1. The number of anilines is 1. The summed E-state index contributed by atoms with van der Waals surface area (Å²) >= 11 is 0. The van der Waals surface area contributed by atoms with Crippen molar-refractivity contribution in [1.82, 2.24) is 0 Å². The number of fused-ring (bicyclic) bond motifs is 1. The molecule has 21 heavy (non-hydrogen) atoms. The smallest absolute Gasteiger partial charge is 0.299 e. The Morgan fingerprint density at radius 1 is 1.05 bits per heavy atom. The van der Waals surface area contributed by atoms with Gasteiger partial charge in [0.25, 0.3) is 11.7 Å². The van der Waals surface area contributed by atoms with Crippen LogP contribution in [0.2, 0.25) is 0 Å². The number of benzene rings is 2. The lowest BCUT2D eigenvalue weighted by Gasteiger charge is -2.19. The van der Waals surface area contributed by atoms with Crippen molar-refractivity contribution in [3.8, 4) is 0 Å². The van der Waals surface area contributed by atoms with Crippen molar-refractivity contribution in [3.05, 3.63) is 64.5 Å². The van der Waals surface area contributed by atoms with Crippen LogP contribution in [0.25, 0.3) is 0 Å². The number of amides is 1. The predicted molar refractivity (Wildman–Crippen MR) is 77.8 cm³/mol. The normalized spacial score (nSPS) is 13.8. The maximum Gasteiger partial charge on any atom is 0.299 e. The largest absolute Gasteiger partial charge is 0.300 e. The SMILES string of the molecule is Cc1ccc2c(c1C)N(Cc1ccccc1F)C(=O)C2=O. The molecule has 1 aliphatic heterocycles. The van der Waals surface area contributed by atoms with E-state index in [0.29, 0.717) is 16.8 Å². The van der Waals surface area contributed by atoms with Gasteiger partial charge in [-0.2, -0.15) is 0 Å². The van der Waals surface area contributed by atoms with Crippen LogP contribution in [0.5, 0.6) is 0 Å². The maximum absolute atomic E-state index is 13.8. The predicted octanol–water partition coefficient (Wildman–Crippen LogP) is 3.17. The molecule has 1 amide bonds. The average molecular weight is 283 g/mol. The van der Waals surface area contributed by atoms with E-state index in [4.69, 9.17) is 0 Å². The molecule has 0 spiro atoms. The second-order valence-electron chi connectivity index (χ2n) is 5.22. The van der Waals surface area contributed by atoms with Gasteiger partial charge in [-0.1, -0.05) is 24.3 Å². The molecule has 0 atom stereocenters. The Morgan fingerprint density at radius 2 is 1.76 bits per heavy atom. The maximum atomic E-state index is 13.8. The highest BCUT2D eigenvalue weighted by atomic mass is 19.1. The molecule has 0 unspecified atom stereocenters. The topological polar surface area (TPSA) is 37.4 Å². The summed E-state index contributed by atoms with van der Waals surface area (Å²) in [6.07, 6.45) is 0. The summed E-state index contributed by atoms with van der Waals surface area (Å²) in [5.41, 5.74) is 3.28. The highest BCUT2D eigenvalue weighted by molar-refractivity contribution is 6.52. The number of rotatable bonds is 2. The van der Waals surface area contributed by atoms with E-state index in [0.717, 1.165) is 11.1 Å². The van der Waals surface area contributed by atoms with E-state index in [9.17, 15) is 14.0 Å². The third-order valence-corrected chi connectivity index (χ3v) is 3.94. The minimum Gasteiger partial charge on any atom is -0.300 e. The second kappa shape index (κ2) is 4.81. The van der Waals surface area contributed by atoms with E-state index < -0.39 is 11.7 Å². The van der Waals surface area contributed by atoms with Crippen LogP contribution in [-0.2, 0) is 11.3 Å². The molecule has 4 heteroatoms. The van der Waals surface area contributed by atoms with Crippen LogP contribution in [0.4, 0.5) is 10.1 Å². The number of halogens is 1. The van der Waals surface area contributed by atoms with Crippen LogP contribution < -0.4 is 4.90 Å². The van der Waals surface area contributed by atoms with Gasteiger partial charge in [0.05, 0.1) is 17.8 Å². The van der Waals surface area contributed by atoms with Crippen molar-refractivity contribution in [2.24, 2.45) is 0 Å². The number of aryl methyl sites for hydroxylation is 1. The molecule has 1 aliphatic rings. The Labute approximate surface area is 122 Å². The van der Waals surface area contributed by atoms with Crippen molar-refractivity contribution in [3.63, 3.8) is 0 Å². The van der Waals surface area contributed by atoms with Crippen molar-refractivity contribution in [2.75, 3.05) is 4.90 Å². The Hall–Kier alpha value is -2.49. The molecule has 2 aromatic rings. The Bertz CT molecular complexity index is 767. The van der Waals surface area contributed by atoms with Gasteiger partial charge in [-0.3, -0.25) is 14.5 Å². The number of carbonyl (C=O) groups excluding carboxylic acids is 2. The van der Waals surface area contributed by atoms with E-state index in [1.165, 1.54) is 11.0 Å². The van der Waals surface area contributed by atoms with E-state index in [1.807, 2.05) is 19.9 Å². The third-order valence-electron chi connectivity index (χ3n) is 3.94. The monoisotopic (exact) mass is 283 g/mol. The fraction of sp³-hybridized carbons (Fsp3) is 0.176. The molecular formula is C17H14FNO2. The van der Waals surface area contributed by atoms with Crippen molar-refractivity contribution >= 4 is 17.4 Å². The summed E-state index contributed by atoms with van der Waals surface area (Å²) in [5, 5.41) is 0. The van der Waals surface area contributed by atoms with Gasteiger partial charge in [-0.15, -0.1) is 0 Å². The van der Waals surface area contributed by atoms with Crippen molar-refractivity contribution < 1.29 is 14.0 Å². The fourth-order valence-electron chi connectivity index (χ4n) is 2.62. The molecule has 3 nitrogen and oxygen atoms in total. The van der Waals surface area contributed by atoms with E-state index in [-0.39, 0.29) is 12.4 Å². The first-order valence-electron chi connectivity index (χ1n) is 6.70. The van der Waals surface area contributed by atoms with Crippen LogP contribution >= 0.6 is 0 Å². The standard InChI is InChI=1S/C17H14FNO2/c1-10-7-8-13-15(11(10)2)19(17(21)16(13)20)9-12-5-3-4-6-14(12)18/h3-8H,9H2,1-2H3. The first-order chi connectivity index (χ1) is 10.0. The van der Waals surface area contributed by atoms with Crippen molar-refractivity contribution in [1.29, 1.82) is 0 Å². The summed E-state index contributed by atoms with van der Waals surface area (Å²) in [6, 6.07) is 9.77. The zero-order valence-electron chi connectivity index (χ0n) is 11.8. The first-order valence-corrected chi connectivity index (χ1v) is 6.70. The summed E-state index contributed by atoms with van der Waals surface area (Å²) in [7, 11) is 0. The molecule has 0 fully saturated rings. The van der Waals surface area contributed by atoms with Crippen LogP contribution in [0.3, 0.4) is 0 Å². The van der Waals surface area contributed by atoms with Gasteiger partial charge >= 0.3 is 0 Å². The van der Waals surface area contributed by atoms with Crippen molar-refractivity contribution in [2.45, 2.75) is 20.4 Å². The Morgan fingerprint density at radius 3 is 2.48 bits per heavy atom. The number of carbonyl (C=O) groups is 2. The van der Waals surface area contributed by atoms with E-state index >= 15 is 0 Å². The van der Waals surface area contributed by atoms with E-state index in [2.05, 4.69) is 0 Å². The van der Waals surface area contributed by atoms with Gasteiger partial charge in [-0.25, -0.2) is 4.39 Å². The second-order valence-corrected chi connectivity index (χ2v) is 5.22. The molecule has 3 rings (SSSR count). The molecule has 0 N–H and O–H groups in total. The summed E-state index contributed by atoms with van der Waals surface area (Å²) < 4.78 is 13.8. The first kappa shape index (κ1) is 13.5. The number of nitrogens with zero attached hydrogens (tertiary/aromatic N) is 1. The summed E-state index contributed by atoms with van der Waals surface area (Å²) in [5.74, 6) is -1.50. The molecule has 0 bridgehead atoms. The molecule has 0 saturated carbocycles. The van der Waals surface area contributed by atoms with Crippen LogP contribution in [-0.4, -0.2) is 11.7 Å². The molecule has 0 aliphatic carbocycles. The number of hydrogen-bond donors (Lipinski definition) is 0. The Balaban J connectivity index is 2.09. The van der Waals surface area contributed by atoms with Gasteiger partial charge in [0.2, 0.25) is 0 Å².